The van der Waals surface area contributed by atoms with Crippen LogP contribution < -0.4 is 10.2 Å². The summed E-state index contributed by atoms with van der Waals surface area (Å²) in [7, 11) is 0. The van der Waals surface area contributed by atoms with Crippen molar-refractivity contribution in [2.24, 2.45) is 0 Å². The highest BCUT2D eigenvalue weighted by molar-refractivity contribution is 8.00. The van der Waals surface area contributed by atoms with Crippen LogP contribution in [-0.4, -0.2) is 38.9 Å². The molecule has 0 aliphatic carbocycles. The number of anilines is 1. The number of nitrogens with one attached hydrogen (secondary N) is 1. The Kier molecular flexibility index (Phi) is 7.61. The number of carbonyl (C=O) groups is 2. The Hall–Kier alpha value is -3.14. The van der Waals surface area contributed by atoms with Crippen molar-refractivity contribution in [3.05, 3.63) is 93.0 Å². The molecule has 1 atom stereocenters. The zero-order valence-corrected chi connectivity index (χ0v) is 23.7. The summed E-state index contributed by atoms with van der Waals surface area (Å²) in [5.41, 5.74) is 3.14. The maximum Gasteiger partial charge on any atom is 0.240 e. The summed E-state index contributed by atoms with van der Waals surface area (Å²) in [5.74, 6) is 0.452. The van der Waals surface area contributed by atoms with Gasteiger partial charge in [0, 0.05) is 39.8 Å². The molecule has 38 heavy (non-hydrogen) atoms. The van der Waals surface area contributed by atoms with E-state index in [1.165, 1.54) is 0 Å². The first-order valence-electron chi connectivity index (χ1n) is 12.2. The van der Waals surface area contributed by atoms with Crippen LogP contribution in [0.4, 0.5) is 5.82 Å². The molecule has 3 aromatic heterocycles. The second kappa shape index (κ2) is 10.9. The predicted octanol–water partition coefficient (Wildman–Crippen LogP) is 5.77. The number of carbonyl (C=O) groups excluding carboxylic acids is 2. The summed E-state index contributed by atoms with van der Waals surface area (Å²) in [6.07, 6.45) is 3.40. The predicted molar refractivity (Wildman–Crippen MR) is 154 cm³/mol. The number of nitrogens with zero attached hydrogens (tertiary/aromatic N) is 4. The minimum Gasteiger partial charge on any atom is -0.350 e. The van der Waals surface area contributed by atoms with Crippen LogP contribution in [0.3, 0.4) is 0 Å². The number of pyridine rings is 1. The third-order valence-electron chi connectivity index (χ3n) is 6.17. The molecule has 0 spiro atoms. The minimum atomic E-state index is -0.314. The van der Waals surface area contributed by atoms with Gasteiger partial charge in [0.1, 0.15) is 12.4 Å². The highest BCUT2D eigenvalue weighted by Crippen LogP contribution is 2.49. The average Bonchev–Trinajstić information content (AvgIpc) is 3.53. The lowest BCUT2D eigenvalue weighted by atomic mass is 9.88. The Balaban J connectivity index is 1.63. The fourth-order valence-electron chi connectivity index (χ4n) is 4.43. The highest BCUT2D eigenvalue weighted by Gasteiger charge is 2.40. The van der Waals surface area contributed by atoms with E-state index < -0.39 is 0 Å². The van der Waals surface area contributed by atoms with Gasteiger partial charge in [-0.25, -0.2) is 4.68 Å². The van der Waals surface area contributed by atoms with E-state index in [0.29, 0.717) is 17.4 Å². The van der Waals surface area contributed by atoms with E-state index in [1.807, 2.05) is 41.8 Å². The first-order chi connectivity index (χ1) is 18.2. The van der Waals surface area contributed by atoms with Gasteiger partial charge < -0.3 is 5.32 Å². The van der Waals surface area contributed by atoms with Crippen molar-refractivity contribution in [2.75, 3.05) is 17.2 Å². The zero-order valence-electron chi connectivity index (χ0n) is 21.3. The molecular weight excluding hydrogens is 538 g/mol. The second-order valence-corrected chi connectivity index (χ2v) is 12.6. The third-order valence-corrected chi connectivity index (χ3v) is 8.73. The van der Waals surface area contributed by atoms with Gasteiger partial charge in [-0.3, -0.25) is 19.5 Å². The number of thioether (sulfide) groups is 1. The third kappa shape index (κ3) is 5.50. The van der Waals surface area contributed by atoms with E-state index in [9.17, 15) is 9.59 Å². The topological polar surface area (TPSA) is 80.1 Å². The Morgan fingerprint density at radius 1 is 1.18 bits per heavy atom. The van der Waals surface area contributed by atoms with Crippen molar-refractivity contribution in [3.8, 4) is 5.69 Å². The first kappa shape index (κ1) is 26.5. The van der Waals surface area contributed by atoms with Crippen molar-refractivity contribution in [1.29, 1.82) is 0 Å². The van der Waals surface area contributed by atoms with Gasteiger partial charge in [0.15, 0.2) is 0 Å². The van der Waals surface area contributed by atoms with E-state index in [-0.39, 0.29) is 34.8 Å². The molecule has 1 aromatic carbocycles. The molecule has 2 amide bonds. The van der Waals surface area contributed by atoms with E-state index in [1.54, 1.807) is 51.1 Å². The molecule has 0 fully saturated rings. The van der Waals surface area contributed by atoms with E-state index in [0.717, 1.165) is 27.4 Å². The molecular formula is C28H28ClN5O2S2. The normalized spacial score (nSPS) is 15.7. The number of hydrogen-bond donors (Lipinski definition) is 1. The van der Waals surface area contributed by atoms with Crippen molar-refractivity contribution in [3.63, 3.8) is 0 Å². The molecule has 1 N–H and O–H groups in total. The molecule has 0 saturated heterocycles. The number of amides is 2. The monoisotopic (exact) mass is 565 g/mol. The summed E-state index contributed by atoms with van der Waals surface area (Å²) in [5, 5.41) is 10.5. The van der Waals surface area contributed by atoms with Crippen LogP contribution in [0.25, 0.3) is 5.69 Å². The fraction of sp³-hybridized carbons (Fsp3) is 0.286. The summed E-state index contributed by atoms with van der Waals surface area (Å²) in [6.45, 7) is 6.55. The lowest BCUT2D eigenvalue weighted by Crippen LogP contribution is -2.42. The second-order valence-electron chi connectivity index (χ2n) is 10.1. The van der Waals surface area contributed by atoms with Crippen molar-refractivity contribution < 1.29 is 9.59 Å². The summed E-state index contributed by atoms with van der Waals surface area (Å²) in [4.78, 5) is 33.7. The number of thiophene rings is 1. The molecule has 4 heterocycles. The summed E-state index contributed by atoms with van der Waals surface area (Å²) >= 11 is 9.60. The Morgan fingerprint density at radius 2 is 2.03 bits per heavy atom. The van der Waals surface area contributed by atoms with Gasteiger partial charge in [-0.1, -0.05) is 50.6 Å². The molecule has 10 heteroatoms. The van der Waals surface area contributed by atoms with E-state index >= 15 is 0 Å². The van der Waals surface area contributed by atoms with Crippen LogP contribution in [0.15, 0.2) is 66.3 Å². The molecule has 7 nitrogen and oxygen atoms in total. The lowest BCUT2D eigenvalue weighted by Gasteiger charge is -2.24. The smallest absolute Gasteiger partial charge is 0.240 e. The molecule has 0 bridgehead atoms. The number of fused-ring (bicyclic) bond motifs is 1. The number of benzene rings is 1. The van der Waals surface area contributed by atoms with Gasteiger partial charge in [0.05, 0.1) is 22.4 Å². The van der Waals surface area contributed by atoms with E-state index in [2.05, 4.69) is 37.1 Å². The van der Waals surface area contributed by atoms with Gasteiger partial charge >= 0.3 is 0 Å². The van der Waals surface area contributed by atoms with Crippen molar-refractivity contribution >= 4 is 52.3 Å². The largest absolute Gasteiger partial charge is 0.350 e. The maximum atomic E-state index is 13.7. The van der Waals surface area contributed by atoms with Gasteiger partial charge in [-0.05, 0) is 41.3 Å². The van der Waals surface area contributed by atoms with Crippen LogP contribution >= 0.6 is 34.7 Å². The SMILES string of the molecule is CC(C)(C)c1nn(-c2cccc(Cl)c2)c2c1[C@@H](c1cccs1)SCC(=O)N2CC(=O)NCc1cccnc1. The molecule has 1 aliphatic rings. The molecule has 1 aliphatic heterocycles. The van der Waals surface area contributed by atoms with Crippen LogP contribution in [0, 0.1) is 0 Å². The maximum absolute atomic E-state index is 13.7. The molecule has 4 aromatic rings. The summed E-state index contributed by atoms with van der Waals surface area (Å²) < 4.78 is 1.78. The van der Waals surface area contributed by atoms with Gasteiger partial charge in [0.2, 0.25) is 11.8 Å². The van der Waals surface area contributed by atoms with Crippen LogP contribution in [-0.2, 0) is 21.5 Å². The van der Waals surface area contributed by atoms with Gasteiger partial charge in [-0.2, -0.15) is 5.10 Å². The fourth-order valence-corrected chi connectivity index (χ4v) is 6.79. The lowest BCUT2D eigenvalue weighted by molar-refractivity contribution is -0.123. The zero-order chi connectivity index (χ0) is 26.9. The van der Waals surface area contributed by atoms with Crippen molar-refractivity contribution in [2.45, 2.75) is 38.0 Å². The molecule has 0 unspecified atom stereocenters. The van der Waals surface area contributed by atoms with E-state index in [4.69, 9.17) is 16.7 Å². The van der Waals surface area contributed by atoms with Crippen LogP contribution in [0.5, 0.6) is 0 Å². The summed E-state index contributed by atoms with van der Waals surface area (Å²) in [6, 6.07) is 15.2. The first-order valence-corrected chi connectivity index (χ1v) is 14.5. The Labute approximate surface area is 235 Å². The molecule has 0 saturated carbocycles. The number of aromatic nitrogens is 3. The van der Waals surface area contributed by atoms with Gasteiger partial charge in [0.25, 0.3) is 0 Å². The Bertz CT molecular complexity index is 1450. The van der Waals surface area contributed by atoms with Crippen LogP contribution in [0.2, 0.25) is 5.02 Å². The number of hydrogen-bond acceptors (Lipinski definition) is 6. The number of rotatable bonds is 6. The van der Waals surface area contributed by atoms with Crippen molar-refractivity contribution in [1.82, 2.24) is 20.1 Å². The number of halogens is 1. The molecule has 0 radical (unpaired) electrons. The standard InChI is InChI=1S/C28H28ClN5O2S2/c1-28(2,3)26-24-25(21-10-6-12-37-21)38-17-23(36)33(16-22(35)31-15-18-7-5-11-30-14-18)27(24)34(32-26)20-9-4-8-19(29)13-20/h4-14,25H,15-17H2,1-3H3,(H,31,35)/t25-/m1/s1. The quantitative estimate of drug-likeness (QED) is 0.321. The minimum absolute atomic E-state index is 0.0976. The van der Waals surface area contributed by atoms with Gasteiger partial charge in [-0.15, -0.1) is 23.1 Å². The van der Waals surface area contributed by atoms with Crippen LogP contribution in [0.1, 0.15) is 47.7 Å². The molecule has 5 rings (SSSR count). The highest BCUT2D eigenvalue weighted by atomic mass is 35.5. The average molecular weight is 566 g/mol. The molecule has 196 valence electrons. The Morgan fingerprint density at radius 3 is 2.71 bits per heavy atom.